The molecule has 2 aliphatic carbocycles. The summed E-state index contributed by atoms with van der Waals surface area (Å²) in [5.74, 6) is 0.910. The molecular formula is C44H60Cl2N4O2. The molecule has 3 aromatic rings. The Balaban J connectivity index is 0.000000340. The summed E-state index contributed by atoms with van der Waals surface area (Å²) in [7, 11) is 0. The summed E-state index contributed by atoms with van der Waals surface area (Å²) in [4.78, 5) is 15.8. The first-order chi connectivity index (χ1) is 25.3. The van der Waals surface area contributed by atoms with Crippen molar-refractivity contribution in [2.75, 3.05) is 52.4 Å². The molecule has 2 heterocycles. The van der Waals surface area contributed by atoms with Crippen LogP contribution >= 0.6 is 23.2 Å². The number of aromatic nitrogens is 1. The Hall–Kier alpha value is -3.55. The number of carbonyl (C=O) groups excluding carboxylic acids is 1. The molecule has 8 heteroatoms. The topological polar surface area (TPSA) is 49.7 Å². The van der Waals surface area contributed by atoms with Crippen molar-refractivity contribution in [2.24, 2.45) is 0 Å². The Kier molecular flexibility index (Phi) is 19.1. The monoisotopic (exact) mass is 746 g/mol. The van der Waals surface area contributed by atoms with Gasteiger partial charge in [0.25, 0.3) is 0 Å². The lowest BCUT2D eigenvalue weighted by atomic mass is 10.1. The molecule has 1 N–H and O–H groups in total. The van der Waals surface area contributed by atoms with Crippen LogP contribution in [0.2, 0.25) is 5.02 Å². The highest BCUT2D eigenvalue weighted by atomic mass is 35.5. The van der Waals surface area contributed by atoms with Gasteiger partial charge in [0.15, 0.2) is 0 Å². The van der Waals surface area contributed by atoms with Crippen molar-refractivity contribution in [3.63, 3.8) is 0 Å². The highest BCUT2D eigenvalue weighted by Crippen LogP contribution is 2.31. The molecule has 0 spiro atoms. The van der Waals surface area contributed by atoms with E-state index in [1.165, 1.54) is 29.5 Å². The Morgan fingerprint density at radius 2 is 1.52 bits per heavy atom. The first kappa shape index (κ1) is 42.9. The molecule has 52 heavy (non-hydrogen) atoms. The van der Waals surface area contributed by atoms with Crippen LogP contribution in [0.15, 0.2) is 95.2 Å². The van der Waals surface area contributed by atoms with Gasteiger partial charge in [-0.2, -0.15) is 0 Å². The number of nitrogens with one attached hydrogen (secondary N) is 1. The molecule has 1 fully saturated rings. The fraction of sp³-hybridized carbons (Fsp3) is 0.432. The van der Waals surface area contributed by atoms with E-state index in [-0.39, 0.29) is 5.91 Å². The number of hydrogen-bond acceptors (Lipinski definition) is 4. The second-order valence-corrected chi connectivity index (χ2v) is 13.5. The van der Waals surface area contributed by atoms with Crippen LogP contribution in [0, 0.1) is 0 Å². The van der Waals surface area contributed by atoms with E-state index in [4.69, 9.17) is 27.9 Å². The average molecular weight is 748 g/mol. The third-order valence-electron chi connectivity index (χ3n) is 9.12. The predicted octanol–water partition coefficient (Wildman–Crippen LogP) is 8.87. The summed E-state index contributed by atoms with van der Waals surface area (Å²) in [6.45, 7) is 22.7. The minimum atomic E-state index is -0.00840. The summed E-state index contributed by atoms with van der Waals surface area (Å²) in [5, 5.41) is 9.24. The second kappa shape index (κ2) is 23.2. The summed E-state index contributed by atoms with van der Waals surface area (Å²) >= 11 is 12.3. The largest absolute Gasteiger partial charge is 0.492 e. The predicted molar refractivity (Wildman–Crippen MR) is 225 cm³/mol. The number of allylic oxidation sites excluding steroid dienone is 7. The van der Waals surface area contributed by atoms with Crippen LogP contribution in [0.25, 0.3) is 22.4 Å². The van der Waals surface area contributed by atoms with Crippen LogP contribution in [0.4, 0.5) is 0 Å². The molecule has 2 aromatic carbocycles. The Bertz CT molecular complexity index is 1830. The van der Waals surface area contributed by atoms with Gasteiger partial charge in [-0.05, 0) is 79.8 Å². The summed E-state index contributed by atoms with van der Waals surface area (Å²) in [5.41, 5.74) is 3.69. The fourth-order valence-electron chi connectivity index (χ4n) is 6.30. The number of amides is 1. The van der Waals surface area contributed by atoms with Crippen molar-refractivity contribution < 1.29 is 9.53 Å². The van der Waals surface area contributed by atoms with Gasteiger partial charge in [0.1, 0.15) is 12.4 Å². The number of halogens is 2. The van der Waals surface area contributed by atoms with Crippen molar-refractivity contribution in [1.82, 2.24) is 19.7 Å². The molecule has 0 radical (unpaired) electrons. The zero-order valence-electron chi connectivity index (χ0n) is 32.5. The molecule has 0 unspecified atom stereocenters. The van der Waals surface area contributed by atoms with E-state index >= 15 is 0 Å². The van der Waals surface area contributed by atoms with Gasteiger partial charge in [0, 0.05) is 85.1 Å². The molecule has 282 valence electrons. The van der Waals surface area contributed by atoms with Crippen molar-refractivity contribution in [3.8, 4) is 5.75 Å². The van der Waals surface area contributed by atoms with Crippen LogP contribution in [0.3, 0.4) is 0 Å². The zero-order chi connectivity index (χ0) is 37.9. The minimum Gasteiger partial charge on any atom is -0.492 e. The first-order valence-corrected chi connectivity index (χ1v) is 19.8. The van der Waals surface area contributed by atoms with Crippen LogP contribution < -0.4 is 20.6 Å². The van der Waals surface area contributed by atoms with E-state index in [1.54, 1.807) is 0 Å². The molecular weight excluding hydrogens is 687 g/mol. The molecule has 1 aromatic heterocycles. The van der Waals surface area contributed by atoms with Gasteiger partial charge in [0.2, 0.25) is 5.91 Å². The highest BCUT2D eigenvalue weighted by Gasteiger charge is 2.17. The normalized spacial score (nSPS) is 15.7. The van der Waals surface area contributed by atoms with E-state index in [0.717, 1.165) is 96.4 Å². The molecule has 0 bridgehead atoms. The lowest BCUT2D eigenvalue weighted by Crippen LogP contribution is -2.47. The van der Waals surface area contributed by atoms with Gasteiger partial charge >= 0.3 is 0 Å². The smallest absolute Gasteiger partial charge is 0.217 e. The summed E-state index contributed by atoms with van der Waals surface area (Å²) < 4.78 is 8.59. The molecule has 3 aliphatic rings. The number of hydrogen-bond donors (Lipinski definition) is 1. The average Bonchev–Trinajstić information content (AvgIpc) is 3.38. The van der Waals surface area contributed by atoms with Gasteiger partial charge in [-0.15, -0.1) is 0 Å². The maximum atomic E-state index is 10.7. The third kappa shape index (κ3) is 13.1. The number of fused-ring (bicyclic) bond motifs is 2. The molecule has 1 aliphatic heterocycles. The Labute approximate surface area is 322 Å². The van der Waals surface area contributed by atoms with E-state index in [2.05, 4.69) is 63.2 Å². The molecule has 0 saturated carbocycles. The van der Waals surface area contributed by atoms with Crippen molar-refractivity contribution >= 4 is 51.5 Å². The molecule has 1 amide bonds. The molecule has 6 rings (SSSR count). The van der Waals surface area contributed by atoms with Crippen molar-refractivity contribution in [1.29, 1.82) is 0 Å². The highest BCUT2D eigenvalue weighted by molar-refractivity contribution is 6.35. The van der Waals surface area contributed by atoms with Crippen LogP contribution in [-0.2, 0) is 11.3 Å². The first-order valence-electron chi connectivity index (χ1n) is 19.0. The zero-order valence-corrected chi connectivity index (χ0v) is 34.0. The van der Waals surface area contributed by atoms with Gasteiger partial charge in [-0.1, -0.05) is 112 Å². The van der Waals surface area contributed by atoms with E-state index in [0.29, 0.717) is 13.2 Å². The summed E-state index contributed by atoms with van der Waals surface area (Å²) in [6, 6.07) is 14.3. The number of nitrogens with zero attached hydrogens (tertiary/aromatic N) is 3. The Morgan fingerprint density at radius 1 is 0.827 bits per heavy atom. The van der Waals surface area contributed by atoms with Crippen LogP contribution in [-0.4, -0.2) is 72.7 Å². The Morgan fingerprint density at radius 3 is 2.23 bits per heavy atom. The van der Waals surface area contributed by atoms with Crippen LogP contribution in [0.5, 0.6) is 5.75 Å². The van der Waals surface area contributed by atoms with E-state index < -0.39 is 0 Å². The molecule has 0 atom stereocenters. The SMILES string of the molecule is CC.CC.CC(=O)NCC1=CC=C(C)C(Cl)=CC1.CC1=c2c(ccn2CCCN2CCN(CCOc3ccc(Cl)c4ccccc34)CC2)=CC=CC1. The van der Waals surface area contributed by atoms with Crippen LogP contribution in [0.1, 0.15) is 67.7 Å². The maximum absolute atomic E-state index is 10.7. The number of carbonyl (C=O) groups is 1. The fourth-order valence-corrected chi connectivity index (χ4v) is 6.67. The lowest BCUT2D eigenvalue weighted by molar-refractivity contribution is -0.118. The quantitative estimate of drug-likeness (QED) is 0.225. The standard InChI is InChI=1S/C29H34ClN3O.C11H14ClNO.2C2H6/c1-23-7-2-3-8-24-13-16-33(29(23)24)15-6-14-31-17-19-32(20-18-31)21-22-34-28-12-11-27(30)25-9-4-5-10-26(25)28;1-8-3-4-10(5-6-11(8)12)7-13-9(2)14;2*1-2/h2-5,8-13,16H,6-7,14-15,17-22H2,1H3;3-4,6H,5,7H2,1-2H3,(H,13,14);2*1-2H3. The molecule has 6 nitrogen and oxygen atoms in total. The number of ether oxygens (including phenoxy) is 1. The van der Waals surface area contributed by atoms with Gasteiger partial charge in [-0.25, -0.2) is 0 Å². The van der Waals surface area contributed by atoms with E-state index in [1.807, 2.05) is 83.2 Å². The van der Waals surface area contributed by atoms with Crippen molar-refractivity contribution in [2.45, 2.75) is 74.3 Å². The number of benzene rings is 2. The van der Waals surface area contributed by atoms with Gasteiger partial charge in [-0.3, -0.25) is 9.69 Å². The number of rotatable bonds is 10. The number of piperazine rings is 1. The minimum absolute atomic E-state index is 0.00840. The number of aryl methyl sites for hydroxylation is 1. The summed E-state index contributed by atoms with van der Waals surface area (Å²) in [6.07, 6.45) is 17.9. The van der Waals surface area contributed by atoms with Gasteiger partial charge in [0.05, 0.1) is 0 Å². The lowest BCUT2D eigenvalue weighted by Gasteiger charge is -2.34. The van der Waals surface area contributed by atoms with Crippen molar-refractivity contribution in [3.05, 3.63) is 111 Å². The molecule has 1 saturated heterocycles. The third-order valence-corrected chi connectivity index (χ3v) is 9.90. The second-order valence-electron chi connectivity index (χ2n) is 12.7. The van der Waals surface area contributed by atoms with Gasteiger partial charge < -0.3 is 19.5 Å². The van der Waals surface area contributed by atoms with E-state index in [9.17, 15) is 4.79 Å². The maximum Gasteiger partial charge on any atom is 0.217 e.